The Bertz CT molecular complexity index is 666. The Morgan fingerprint density at radius 3 is 2.71 bits per heavy atom. The van der Waals surface area contributed by atoms with Crippen LogP contribution in [0.4, 0.5) is 5.69 Å². The number of carbonyl (C=O) groups is 2. The zero-order valence-electron chi connectivity index (χ0n) is 11.9. The highest BCUT2D eigenvalue weighted by molar-refractivity contribution is 7.09. The molecule has 0 spiro atoms. The van der Waals surface area contributed by atoms with Gasteiger partial charge in [-0.1, -0.05) is 12.1 Å². The minimum absolute atomic E-state index is 0.0126. The highest BCUT2D eigenvalue weighted by Crippen LogP contribution is 2.18. The molecule has 5 nitrogen and oxygen atoms in total. The number of nitrogens with zero attached hydrogens (tertiary/aromatic N) is 2. The van der Waals surface area contributed by atoms with Crippen LogP contribution < -0.4 is 4.90 Å². The number of aromatic nitrogens is 1. The van der Waals surface area contributed by atoms with E-state index in [0.717, 1.165) is 11.3 Å². The second-order valence-electron chi connectivity index (χ2n) is 4.59. The molecule has 0 unspecified atom stereocenters. The van der Waals surface area contributed by atoms with E-state index in [1.807, 2.05) is 38.1 Å². The van der Waals surface area contributed by atoms with E-state index in [9.17, 15) is 9.59 Å². The number of amides is 1. The number of anilines is 1. The van der Waals surface area contributed by atoms with Gasteiger partial charge in [-0.25, -0.2) is 9.78 Å². The van der Waals surface area contributed by atoms with Crippen molar-refractivity contribution < 1.29 is 14.7 Å². The minimum Gasteiger partial charge on any atom is -0.476 e. The topological polar surface area (TPSA) is 70.5 Å². The average molecular weight is 304 g/mol. The van der Waals surface area contributed by atoms with E-state index in [1.54, 1.807) is 4.90 Å². The van der Waals surface area contributed by atoms with E-state index >= 15 is 0 Å². The maximum Gasteiger partial charge on any atom is 0.355 e. The second-order valence-corrected chi connectivity index (χ2v) is 5.53. The van der Waals surface area contributed by atoms with Gasteiger partial charge < -0.3 is 10.0 Å². The molecule has 1 aromatic carbocycles. The maximum atomic E-state index is 12.4. The molecule has 6 heteroatoms. The summed E-state index contributed by atoms with van der Waals surface area (Å²) in [4.78, 5) is 28.8. The van der Waals surface area contributed by atoms with Crippen molar-refractivity contribution in [1.29, 1.82) is 0 Å². The van der Waals surface area contributed by atoms with Gasteiger partial charge in [0.1, 0.15) is 5.01 Å². The number of thiazole rings is 1. The van der Waals surface area contributed by atoms with Crippen LogP contribution in [0.15, 0.2) is 29.6 Å². The molecule has 0 bridgehead atoms. The standard InChI is InChI=1S/C15H16N2O3S/c1-3-17(11-6-4-5-10(2)7-11)14(18)8-13-16-12(9-21-13)15(19)20/h4-7,9H,3,8H2,1-2H3,(H,19,20). The molecule has 0 aliphatic rings. The van der Waals surface area contributed by atoms with Crippen LogP contribution in [0.2, 0.25) is 0 Å². The summed E-state index contributed by atoms with van der Waals surface area (Å²) in [6, 6.07) is 7.72. The lowest BCUT2D eigenvalue weighted by Gasteiger charge is -2.21. The molecule has 21 heavy (non-hydrogen) atoms. The molecule has 2 aromatic rings. The number of carbonyl (C=O) groups excluding carboxylic acids is 1. The molecule has 1 N–H and O–H groups in total. The molecule has 0 aliphatic carbocycles. The zero-order chi connectivity index (χ0) is 15.4. The molecule has 1 aromatic heterocycles. The molecule has 110 valence electrons. The number of hydrogen-bond acceptors (Lipinski definition) is 4. The van der Waals surface area contributed by atoms with Crippen molar-refractivity contribution in [2.24, 2.45) is 0 Å². The first-order chi connectivity index (χ1) is 10.0. The summed E-state index contributed by atoms with van der Waals surface area (Å²) in [6.07, 6.45) is 0.111. The van der Waals surface area contributed by atoms with Crippen molar-refractivity contribution in [1.82, 2.24) is 4.98 Å². The van der Waals surface area contributed by atoms with Crippen LogP contribution in [0.3, 0.4) is 0 Å². The summed E-state index contributed by atoms with van der Waals surface area (Å²) in [6.45, 7) is 4.44. The molecule has 0 aliphatic heterocycles. The van der Waals surface area contributed by atoms with Crippen molar-refractivity contribution in [2.45, 2.75) is 20.3 Å². The highest BCUT2D eigenvalue weighted by Gasteiger charge is 2.17. The van der Waals surface area contributed by atoms with Crippen LogP contribution >= 0.6 is 11.3 Å². The second kappa shape index (κ2) is 6.49. The Hall–Kier alpha value is -2.21. The number of aromatic carboxylic acids is 1. The van der Waals surface area contributed by atoms with E-state index < -0.39 is 5.97 Å². The van der Waals surface area contributed by atoms with Gasteiger partial charge in [0.05, 0.1) is 6.42 Å². The fourth-order valence-corrected chi connectivity index (χ4v) is 2.77. The first-order valence-corrected chi connectivity index (χ1v) is 7.44. The van der Waals surface area contributed by atoms with Crippen LogP contribution in [0.5, 0.6) is 0 Å². The summed E-state index contributed by atoms with van der Waals surface area (Å²) in [5.41, 5.74) is 1.92. The number of likely N-dealkylation sites (N-methyl/N-ethyl adjacent to an activating group) is 1. The largest absolute Gasteiger partial charge is 0.476 e. The molecule has 1 heterocycles. The molecule has 0 saturated carbocycles. The lowest BCUT2D eigenvalue weighted by molar-refractivity contribution is -0.117. The molecule has 0 radical (unpaired) electrons. The molecule has 2 rings (SSSR count). The summed E-state index contributed by atoms with van der Waals surface area (Å²) in [5.74, 6) is -1.16. The summed E-state index contributed by atoms with van der Waals surface area (Å²) in [7, 11) is 0. The molecule has 0 atom stereocenters. The zero-order valence-corrected chi connectivity index (χ0v) is 12.7. The summed E-state index contributed by atoms with van der Waals surface area (Å²) in [5, 5.41) is 10.8. The van der Waals surface area contributed by atoms with Crippen LogP contribution in [0, 0.1) is 6.92 Å². The minimum atomic E-state index is -1.07. The first kappa shape index (κ1) is 15.2. The summed E-state index contributed by atoms with van der Waals surface area (Å²) >= 11 is 1.19. The van der Waals surface area contributed by atoms with Crippen LogP contribution in [0.25, 0.3) is 0 Å². The Morgan fingerprint density at radius 2 is 2.14 bits per heavy atom. The number of rotatable bonds is 5. The Labute approximate surface area is 126 Å². The molecular weight excluding hydrogens is 288 g/mol. The Kier molecular flexibility index (Phi) is 4.70. The van der Waals surface area contributed by atoms with E-state index in [1.165, 1.54) is 16.7 Å². The van der Waals surface area contributed by atoms with Crippen molar-refractivity contribution in [2.75, 3.05) is 11.4 Å². The van der Waals surface area contributed by atoms with Gasteiger partial charge in [0, 0.05) is 17.6 Å². The van der Waals surface area contributed by atoms with Crippen LogP contribution in [0.1, 0.15) is 28.0 Å². The van der Waals surface area contributed by atoms with Crippen molar-refractivity contribution in [3.8, 4) is 0 Å². The molecule has 0 saturated heterocycles. The fourth-order valence-electron chi connectivity index (χ4n) is 2.01. The number of carboxylic acid groups (broad SMARTS) is 1. The van der Waals surface area contributed by atoms with Crippen molar-refractivity contribution >= 4 is 28.9 Å². The molecule has 0 fully saturated rings. The van der Waals surface area contributed by atoms with Crippen LogP contribution in [-0.2, 0) is 11.2 Å². The number of hydrogen-bond donors (Lipinski definition) is 1. The number of carboxylic acids is 1. The predicted molar refractivity (Wildman–Crippen MR) is 82.0 cm³/mol. The highest BCUT2D eigenvalue weighted by atomic mass is 32.1. The van der Waals surface area contributed by atoms with Gasteiger partial charge in [-0.3, -0.25) is 4.79 Å². The first-order valence-electron chi connectivity index (χ1n) is 6.56. The lowest BCUT2D eigenvalue weighted by Crippen LogP contribution is -2.32. The van der Waals surface area contributed by atoms with E-state index in [2.05, 4.69) is 4.98 Å². The predicted octanol–water partition coefficient (Wildman–Crippen LogP) is 2.75. The number of aryl methyl sites for hydroxylation is 1. The number of benzene rings is 1. The fraction of sp³-hybridized carbons (Fsp3) is 0.267. The van der Waals surface area contributed by atoms with Gasteiger partial charge in [0.2, 0.25) is 5.91 Å². The third-order valence-electron chi connectivity index (χ3n) is 3.00. The molecule has 1 amide bonds. The van der Waals surface area contributed by atoms with Gasteiger partial charge in [-0.2, -0.15) is 0 Å². The Balaban J connectivity index is 2.14. The third-order valence-corrected chi connectivity index (χ3v) is 3.85. The van der Waals surface area contributed by atoms with Gasteiger partial charge in [0.15, 0.2) is 5.69 Å². The van der Waals surface area contributed by atoms with E-state index in [4.69, 9.17) is 5.11 Å². The maximum absolute atomic E-state index is 12.4. The lowest BCUT2D eigenvalue weighted by atomic mass is 10.2. The van der Waals surface area contributed by atoms with Gasteiger partial charge in [-0.15, -0.1) is 11.3 Å². The molecular formula is C15H16N2O3S. The smallest absolute Gasteiger partial charge is 0.355 e. The summed E-state index contributed by atoms with van der Waals surface area (Å²) < 4.78 is 0. The van der Waals surface area contributed by atoms with Gasteiger partial charge >= 0.3 is 5.97 Å². The normalized spacial score (nSPS) is 10.4. The van der Waals surface area contributed by atoms with Crippen LogP contribution in [-0.4, -0.2) is 28.5 Å². The van der Waals surface area contributed by atoms with Gasteiger partial charge in [-0.05, 0) is 31.5 Å². The SMILES string of the molecule is CCN(C(=O)Cc1nc(C(=O)O)cs1)c1cccc(C)c1. The van der Waals surface area contributed by atoms with Gasteiger partial charge in [0.25, 0.3) is 0 Å². The third kappa shape index (κ3) is 3.66. The van der Waals surface area contributed by atoms with Crippen molar-refractivity contribution in [3.05, 3.63) is 45.9 Å². The van der Waals surface area contributed by atoms with Crippen molar-refractivity contribution in [3.63, 3.8) is 0 Å². The van der Waals surface area contributed by atoms with E-state index in [0.29, 0.717) is 11.6 Å². The Morgan fingerprint density at radius 1 is 1.38 bits per heavy atom. The quantitative estimate of drug-likeness (QED) is 0.922. The monoisotopic (exact) mass is 304 g/mol. The van der Waals surface area contributed by atoms with E-state index in [-0.39, 0.29) is 18.0 Å². The average Bonchev–Trinajstić information content (AvgIpc) is 2.88.